The first kappa shape index (κ1) is 13.1. The van der Waals surface area contributed by atoms with E-state index >= 15 is 0 Å². The van der Waals surface area contributed by atoms with Gasteiger partial charge in [-0.25, -0.2) is 5.43 Å². The number of nitrogens with zero attached hydrogens (tertiary/aromatic N) is 1. The molecule has 102 valence electrons. The minimum atomic E-state index is -0.0528. The summed E-state index contributed by atoms with van der Waals surface area (Å²) in [6.07, 6.45) is 3.52. The van der Waals surface area contributed by atoms with Gasteiger partial charge < -0.3 is 0 Å². The molecule has 1 amide bonds. The molecule has 4 heteroatoms. The highest BCUT2D eigenvalue weighted by molar-refractivity contribution is 7.10. The van der Waals surface area contributed by atoms with Crippen LogP contribution in [0.5, 0.6) is 0 Å². The van der Waals surface area contributed by atoms with E-state index in [0.29, 0.717) is 6.42 Å². The summed E-state index contributed by atoms with van der Waals surface area (Å²) in [4.78, 5) is 12.9. The Labute approximate surface area is 122 Å². The number of carbonyl (C=O) groups excluding carboxylic acids is 1. The number of hydrogen-bond donors (Lipinski definition) is 1. The number of hydrazone groups is 1. The second-order valence-electron chi connectivity index (χ2n) is 4.86. The van der Waals surface area contributed by atoms with Crippen molar-refractivity contribution in [2.75, 3.05) is 0 Å². The van der Waals surface area contributed by atoms with Crippen molar-refractivity contribution in [2.24, 2.45) is 5.10 Å². The van der Waals surface area contributed by atoms with E-state index in [9.17, 15) is 4.79 Å². The molecule has 0 saturated carbocycles. The summed E-state index contributed by atoms with van der Waals surface area (Å²) in [6.45, 7) is 0. The summed E-state index contributed by atoms with van der Waals surface area (Å²) < 4.78 is 0. The van der Waals surface area contributed by atoms with Gasteiger partial charge in [0.1, 0.15) is 0 Å². The third kappa shape index (κ3) is 2.96. The largest absolute Gasteiger partial charge is 0.273 e. The zero-order valence-electron chi connectivity index (χ0n) is 11.1. The summed E-state index contributed by atoms with van der Waals surface area (Å²) in [5, 5.41) is 6.30. The molecular weight excluding hydrogens is 268 g/mol. The van der Waals surface area contributed by atoms with Crippen LogP contribution in [0.2, 0.25) is 0 Å². The Balaban J connectivity index is 1.69. The summed E-state index contributed by atoms with van der Waals surface area (Å²) >= 11 is 1.59. The number of aryl methyl sites for hydroxylation is 1. The van der Waals surface area contributed by atoms with Crippen LogP contribution in [0.3, 0.4) is 0 Å². The molecule has 3 rings (SSSR count). The molecule has 0 spiro atoms. The van der Waals surface area contributed by atoms with Crippen LogP contribution in [0, 0.1) is 0 Å². The van der Waals surface area contributed by atoms with Crippen LogP contribution in [0.25, 0.3) is 0 Å². The molecule has 1 aromatic carbocycles. The average molecular weight is 284 g/mol. The standard InChI is InChI=1S/C16H16N2OS/c19-16(11-13-7-4-10-20-13)18-17-15-9-3-6-12-5-1-2-8-14(12)15/h1-2,4-5,7-8,10H,3,6,9,11H2,(H,18,19)/b17-15-. The van der Waals surface area contributed by atoms with E-state index in [1.807, 2.05) is 23.6 Å². The van der Waals surface area contributed by atoms with Gasteiger partial charge in [0.05, 0.1) is 12.1 Å². The molecule has 0 fully saturated rings. The number of nitrogens with one attached hydrogen (secondary N) is 1. The van der Waals surface area contributed by atoms with Crippen LogP contribution < -0.4 is 5.43 Å². The van der Waals surface area contributed by atoms with Crippen molar-refractivity contribution in [2.45, 2.75) is 25.7 Å². The van der Waals surface area contributed by atoms with Gasteiger partial charge in [-0.15, -0.1) is 11.3 Å². The SMILES string of the molecule is O=C(Cc1cccs1)N/N=C1/CCCc2ccccc21. The van der Waals surface area contributed by atoms with Crippen molar-refractivity contribution in [1.29, 1.82) is 0 Å². The topological polar surface area (TPSA) is 41.5 Å². The van der Waals surface area contributed by atoms with Gasteiger partial charge in [-0.3, -0.25) is 4.79 Å². The van der Waals surface area contributed by atoms with Gasteiger partial charge in [0, 0.05) is 10.4 Å². The molecule has 0 atom stereocenters. The predicted octanol–water partition coefficient (Wildman–Crippen LogP) is 3.15. The van der Waals surface area contributed by atoms with E-state index in [-0.39, 0.29) is 5.91 Å². The summed E-state index contributed by atoms with van der Waals surface area (Å²) in [5.41, 5.74) is 6.18. The van der Waals surface area contributed by atoms with E-state index in [1.54, 1.807) is 11.3 Å². The lowest BCUT2D eigenvalue weighted by atomic mass is 9.90. The smallest absolute Gasteiger partial charge is 0.245 e. The number of hydrogen-bond acceptors (Lipinski definition) is 3. The van der Waals surface area contributed by atoms with Crippen molar-refractivity contribution in [3.8, 4) is 0 Å². The molecular formula is C16H16N2OS. The average Bonchev–Trinajstić information content (AvgIpc) is 2.98. The highest BCUT2D eigenvalue weighted by atomic mass is 32.1. The quantitative estimate of drug-likeness (QED) is 0.864. The highest BCUT2D eigenvalue weighted by Gasteiger charge is 2.15. The minimum absolute atomic E-state index is 0.0528. The van der Waals surface area contributed by atoms with Crippen LogP contribution in [0.1, 0.15) is 28.8 Å². The zero-order valence-corrected chi connectivity index (χ0v) is 12.0. The lowest BCUT2D eigenvalue weighted by molar-refractivity contribution is -0.120. The van der Waals surface area contributed by atoms with E-state index in [4.69, 9.17) is 0 Å². The lowest BCUT2D eigenvalue weighted by Crippen LogP contribution is -2.23. The first-order valence-corrected chi connectivity index (χ1v) is 7.67. The van der Waals surface area contributed by atoms with Crippen LogP contribution in [-0.4, -0.2) is 11.6 Å². The van der Waals surface area contributed by atoms with Gasteiger partial charge in [0.15, 0.2) is 0 Å². The minimum Gasteiger partial charge on any atom is -0.273 e. The molecule has 20 heavy (non-hydrogen) atoms. The van der Waals surface area contributed by atoms with Crippen LogP contribution in [0.4, 0.5) is 0 Å². The second-order valence-corrected chi connectivity index (χ2v) is 5.89. The third-order valence-electron chi connectivity index (χ3n) is 3.42. The summed E-state index contributed by atoms with van der Waals surface area (Å²) in [5.74, 6) is -0.0528. The normalized spacial score (nSPS) is 15.9. The monoisotopic (exact) mass is 284 g/mol. The highest BCUT2D eigenvalue weighted by Crippen LogP contribution is 2.21. The molecule has 0 aliphatic heterocycles. The number of fused-ring (bicyclic) bond motifs is 1. The van der Waals surface area contributed by atoms with Crippen LogP contribution >= 0.6 is 11.3 Å². The Hall–Kier alpha value is -1.94. The van der Waals surface area contributed by atoms with E-state index in [0.717, 1.165) is 29.9 Å². The number of amides is 1. The molecule has 0 radical (unpaired) electrons. The zero-order chi connectivity index (χ0) is 13.8. The molecule has 0 unspecified atom stereocenters. The predicted molar refractivity (Wildman–Crippen MR) is 82.1 cm³/mol. The molecule has 3 nitrogen and oxygen atoms in total. The van der Waals surface area contributed by atoms with Crippen molar-refractivity contribution in [1.82, 2.24) is 5.43 Å². The Morgan fingerprint density at radius 3 is 2.95 bits per heavy atom. The first-order chi connectivity index (χ1) is 9.83. The fourth-order valence-corrected chi connectivity index (χ4v) is 3.16. The van der Waals surface area contributed by atoms with Crippen molar-refractivity contribution in [3.63, 3.8) is 0 Å². The van der Waals surface area contributed by atoms with Gasteiger partial charge in [-0.1, -0.05) is 30.3 Å². The molecule has 0 bridgehead atoms. The summed E-state index contributed by atoms with van der Waals surface area (Å²) in [6, 6.07) is 12.2. The Morgan fingerprint density at radius 1 is 1.20 bits per heavy atom. The van der Waals surface area contributed by atoms with E-state index in [1.165, 1.54) is 11.1 Å². The van der Waals surface area contributed by atoms with Crippen molar-refractivity contribution < 1.29 is 4.79 Å². The number of rotatable bonds is 3. The van der Waals surface area contributed by atoms with Crippen molar-refractivity contribution in [3.05, 3.63) is 57.8 Å². The second kappa shape index (κ2) is 6.01. The van der Waals surface area contributed by atoms with E-state index in [2.05, 4.69) is 28.7 Å². The van der Waals surface area contributed by atoms with Gasteiger partial charge in [0.2, 0.25) is 5.91 Å². The first-order valence-electron chi connectivity index (χ1n) is 6.79. The third-order valence-corrected chi connectivity index (χ3v) is 4.29. The maximum atomic E-state index is 11.9. The molecule has 1 aromatic heterocycles. The number of carbonyl (C=O) groups is 1. The molecule has 1 heterocycles. The van der Waals surface area contributed by atoms with Gasteiger partial charge in [-0.2, -0.15) is 5.10 Å². The Kier molecular flexibility index (Phi) is 3.92. The van der Waals surface area contributed by atoms with Gasteiger partial charge in [-0.05, 0) is 36.3 Å². The maximum Gasteiger partial charge on any atom is 0.245 e. The molecule has 2 aromatic rings. The van der Waals surface area contributed by atoms with Crippen LogP contribution in [-0.2, 0) is 17.6 Å². The van der Waals surface area contributed by atoms with Gasteiger partial charge >= 0.3 is 0 Å². The van der Waals surface area contributed by atoms with Crippen molar-refractivity contribution >= 4 is 23.0 Å². The fraction of sp³-hybridized carbons (Fsp3) is 0.250. The van der Waals surface area contributed by atoms with Gasteiger partial charge in [0.25, 0.3) is 0 Å². The van der Waals surface area contributed by atoms with Crippen LogP contribution in [0.15, 0.2) is 46.9 Å². The Morgan fingerprint density at radius 2 is 2.10 bits per heavy atom. The lowest BCUT2D eigenvalue weighted by Gasteiger charge is -2.17. The molecule has 1 aliphatic carbocycles. The molecule has 1 aliphatic rings. The molecule has 1 N–H and O–H groups in total. The fourth-order valence-electron chi connectivity index (χ4n) is 2.46. The maximum absolute atomic E-state index is 11.9. The number of thiophene rings is 1. The Bertz CT molecular complexity index is 632. The number of benzene rings is 1. The molecule has 0 saturated heterocycles. The summed E-state index contributed by atoms with van der Waals surface area (Å²) in [7, 11) is 0. The van der Waals surface area contributed by atoms with E-state index < -0.39 is 0 Å².